The smallest absolute Gasteiger partial charge is 0.162 e. The Bertz CT molecular complexity index is 543. The third kappa shape index (κ3) is 3.95. The maximum atomic E-state index is 6.10. The summed E-state index contributed by atoms with van der Waals surface area (Å²) in [7, 11) is 0. The molecular weight excluding hydrogens is 276 g/mol. The molecule has 0 aliphatic rings. The molecule has 100 valence electrons. The highest BCUT2D eigenvalue weighted by atomic mass is 35.5. The van der Waals surface area contributed by atoms with Gasteiger partial charge < -0.3 is 0 Å². The van der Waals surface area contributed by atoms with Gasteiger partial charge in [-0.15, -0.1) is 11.8 Å². The molecule has 2 rings (SSSR count). The van der Waals surface area contributed by atoms with Crippen molar-refractivity contribution < 1.29 is 0 Å². The summed E-state index contributed by atoms with van der Waals surface area (Å²) in [5, 5.41) is 1.92. The molecule has 1 atom stereocenters. The van der Waals surface area contributed by atoms with Gasteiger partial charge in [0.15, 0.2) is 5.82 Å². The average molecular weight is 293 g/mol. The molecule has 1 aromatic carbocycles. The van der Waals surface area contributed by atoms with Crippen molar-refractivity contribution in [2.24, 2.45) is 5.92 Å². The van der Waals surface area contributed by atoms with Crippen LogP contribution in [0.1, 0.15) is 20.8 Å². The lowest BCUT2D eigenvalue weighted by atomic mass is 10.2. The van der Waals surface area contributed by atoms with Crippen molar-refractivity contribution in [1.29, 1.82) is 0 Å². The maximum Gasteiger partial charge on any atom is 0.162 e. The zero-order chi connectivity index (χ0) is 13.8. The maximum absolute atomic E-state index is 6.10. The zero-order valence-electron chi connectivity index (χ0n) is 11.3. The Morgan fingerprint density at radius 2 is 1.74 bits per heavy atom. The fourth-order valence-corrected chi connectivity index (χ4v) is 2.72. The van der Waals surface area contributed by atoms with Crippen molar-refractivity contribution in [3.8, 4) is 11.4 Å². The number of rotatable bonds is 4. The molecule has 2 aromatic rings. The molecule has 1 unspecified atom stereocenters. The summed E-state index contributed by atoms with van der Waals surface area (Å²) in [5.74, 6) is 1.28. The molecule has 0 spiro atoms. The Kier molecular flexibility index (Phi) is 4.83. The van der Waals surface area contributed by atoms with E-state index in [1.165, 1.54) is 0 Å². The van der Waals surface area contributed by atoms with Gasteiger partial charge in [-0.2, -0.15) is 0 Å². The number of nitrogens with zero attached hydrogens (tertiary/aromatic N) is 2. The molecule has 0 N–H and O–H groups in total. The van der Waals surface area contributed by atoms with Crippen molar-refractivity contribution in [3.05, 3.63) is 41.6 Å². The minimum atomic E-state index is 0.493. The van der Waals surface area contributed by atoms with Crippen molar-refractivity contribution in [2.75, 3.05) is 0 Å². The topological polar surface area (TPSA) is 25.8 Å². The van der Waals surface area contributed by atoms with E-state index in [0.717, 1.165) is 10.6 Å². The predicted octanol–water partition coefficient (Wildman–Crippen LogP) is 4.93. The summed E-state index contributed by atoms with van der Waals surface area (Å²) < 4.78 is 0. The van der Waals surface area contributed by atoms with Crippen LogP contribution < -0.4 is 0 Å². The molecule has 0 saturated heterocycles. The van der Waals surface area contributed by atoms with Gasteiger partial charge in [0.2, 0.25) is 0 Å². The van der Waals surface area contributed by atoms with E-state index in [1.807, 2.05) is 36.4 Å². The van der Waals surface area contributed by atoms with Crippen molar-refractivity contribution in [2.45, 2.75) is 31.0 Å². The van der Waals surface area contributed by atoms with Gasteiger partial charge in [-0.05, 0) is 5.92 Å². The molecule has 0 amide bonds. The monoisotopic (exact) mass is 292 g/mol. The number of halogens is 1. The molecule has 19 heavy (non-hydrogen) atoms. The van der Waals surface area contributed by atoms with Gasteiger partial charge in [0, 0.05) is 16.9 Å². The van der Waals surface area contributed by atoms with Crippen LogP contribution in [0.25, 0.3) is 11.4 Å². The average Bonchev–Trinajstić information content (AvgIpc) is 2.39. The summed E-state index contributed by atoms with van der Waals surface area (Å²) in [6.07, 6.45) is 0. The zero-order valence-corrected chi connectivity index (χ0v) is 12.9. The molecule has 0 fully saturated rings. The summed E-state index contributed by atoms with van der Waals surface area (Å²) in [6, 6.07) is 11.7. The molecule has 1 heterocycles. The molecule has 0 bridgehead atoms. The molecule has 2 nitrogen and oxygen atoms in total. The summed E-state index contributed by atoms with van der Waals surface area (Å²) in [4.78, 5) is 8.89. The first-order valence-electron chi connectivity index (χ1n) is 6.33. The molecular formula is C15H17ClN2S. The highest BCUT2D eigenvalue weighted by molar-refractivity contribution is 7.99. The first kappa shape index (κ1) is 14.4. The van der Waals surface area contributed by atoms with Gasteiger partial charge in [-0.1, -0.05) is 62.7 Å². The number of thioether (sulfide) groups is 1. The first-order chi connectivity index (χ1) is 9.06. The highest BCUT2D eigenvalue weighted by Crippen LogP contribution is 2.29. The summed E-state index contributed by atoms with van der Waals surface area (Å²) >= 11 is 7.84. The lowest BCUT2D eigenvalue weighted by Crippen LogP contribution is -2.06. The predicted molar refractivity (Wildman–Crippen MR) is 82.6 cm³/mol. The second-order valence-electron chi connectivity index (χ2n) is 4.79. The Hall–Kier alpha value is -1.06. The second-order valence-corrected chi connectivity index (χ2v) is 6.57. The van der Waals surface area contributed by atoms with E-state index in [4.69, 9.17) is 11.6 Å². The van der Waals surface area contributed by atoms with Crippen LogP contribution in [0.4, 0.5) is 0 Å². The van der Waals surface area contributed by atoms with Crippen LogP contribution in [-0.2, 0) is 0 Å². The lowest BCUT2D eigenvalue weighted by Gasteiger charge is -2.14. The Morgan fingerprint density at radius 1 is 1.05 bits per heavy atom. The third-order valence-electron chi connectivity index (χ3n) is 2.95. The minimum absolute atomic E-state index is 0.493. The lowest BCUT2D eigenvalue weighted by molar-refractivity contribution is 0.641. The highest BCUT2D eigenvalue weighted by Gasteiger charge is 2.12. The van der Waals surface area contributed by atoms with Crippen LogP contribution >= 0.6 is 23.4 Å². The minimum Gasteiger partial charge on any atom is -0.222 e. The Labute approximate surface area is 123 Å². The van der Waals surface area contributed by atoms with Gasteiger partial charge in [0.1, 0.15) is 10.2 Å². The van der Waals surface area contributed by atoms with E-state index >= 15 is 0 Å². The standard InChI is InChI=1S/C15H17ClN2S/c1-10(2)11(3)19-14-9-13(16)17-15(18-14)12-7-5-4-6-8-12/h4-11H,1-3H3. The fraction of sp³-hybridized carbons (Fsp3) is 0.333. The van der Waals surface area contributed by atoms with E-state index in [2.05, 4.69) is 30.7 Å². The number of hydrogen-bond donors (Lipinski definition) is 0. The van der Waals surface area contributed by atoms with E-state index in [9.17, 15) is 0 Å². The van der Waals surface area contributed by atoms with Gasteiger partial charge in [-0.3, -0.25) is 0 Å². The fourth-order valence-electron chi connectivity index (χ4n) is 1.50. The Morgan fingerprint density at radius 3 is 2.37 bits per heavy atom. The Balaban J connectivity index is 2.30. The summed E-state index contributed by atoms with van der Waals surface area (Å²) in [5.41, 5.74) is 0.990. The van der Waals surface area contributed by atoms with Crippen LogP contribution in [-0.4, -0.2) is 15.2 Å². The quantitative estimate of drug-likeness (QED) is 0.590. The number of aromatic nitrogens is 2. The van der Waals surface area contributed by atoms with Crippen molar-refractivity contribution >= 4 is 23.4 Å². The van der Waals surface area contributed by atoms with E-state index in [0.29, 0.717) is 22.1 Å². The molecule has 0 saturated carbocycles. The van der Waals surface area contributed by atoms with Gasteiger partial charge in [0.25, 0.3) is 0 Å². The SMILES string of the molecule is CC(C)C(C)Sc1cc(Cl)nc(-c2ccccc2)n1. The molecule has 0 aliphatic heterocycles. The van der Waals surface area contributed by atoms with Gasteiger partial charge in [-0.25, -0.2) is 9.97 Å². The van der Waals surface area contributed by atoms with Crippen LogP contribution in [0.15, 0.2) is 41.4 Å². The summed E-state index contributed by atoms with van der Waals surface area (Å²) in [6.45, 7) is 6.62. The molecule has 1 aromatic heterocycles. The van der Waals surface area contributed by atoms with Crippen LogP contribution in [0, 0.1) is 5.92 Å². The van der Waals surface area contributed by atoms with E-state index < -0.39 is 0 Å². The van der Waals surface area contributed by atoms with Crippen molar-refractivity contribution in [3.63, 3.8) is 0 Å². The first-order valence-corrected chi connectivity index (χ1v) is 7.58. The number of hydrogen-bond acceptors (Lipinski definition) is 3. The van der Waals surface area contributed by atoms with Gasteiger partial charge >= 0.3 is 0 Å². The third-order valence-corrected chi connectivity index (χ3v) is 4.51. The number of benzene rings is 1. The molecule has 0 radical (unpaired) electrons. The van der Waals surface area contributed by atoms with Gasteiger partial charge in [0.05, 0.1) is 0 Å². The second kappa shape index (κ2) is 6.40. The normalized spacial score (nSPS) is 12.7. The largest absolute Gasteiger partial charge is 0.222 e. The van der Waals surface area contributed by atoms with Crippen molar-refractivity contribution in [1.82, 2.24) is 9.97 Å². The van der Waals surface area contributed by atoms with Crippen LogP contribution in [0.2, 0.25) is 5.15 Å². The van der Waals surface area contributed by atoms with Crippen LogP contribution in [0.3, 0.4) is 0 Å². The molecule has 4 heteroatoms. The van der Waals surface area contributed by atoms with Crippen LogP contribution in [0.5, 0.6) is 0 Å². The van der Waals surface area contributed by atoms with E-state index in [-0.39, 0.29) is 0 Å². The van der Waals surface area contributed by atoms with E-state index in [1.54, 1.807) is 11.8 Å². The molecule has 0 aliphatic carbocycles.